The van der Waals surface area contributed by atoms with Crippen LogP contribution in [0.4, 0.5) is 0 Å². The Kier molecular flexibility index (Phi) is 3.41. The SMILES string of the molecule is COc1ccc(C(=O)C(C#N)=NN)cc1. The van der Waals surface area contributed by atoms with E-state index in [4.69, 9.17) is 15.8 Å². The lowest BCUT2D eigenvalue weighted by molar-refractivity contribution is 0.106. The molecule has 0 aliphatic heterocycles. The zero-order valence-corrected chi connectivity index (χ0v) is 8.10. The molecule has 0 saturated heterocycles. The number of hydrogen-bond donors (Lipinski definition) is 1. The zero-order valence-electron chi connectivity index (χ0n) is 8.10. The number of benzene rings is 1. The summed E-state index contributed by atoms with van der Waals surface area (Å²) in [7, 11) is 1.53. The summed E-state index contributed by atoms with van der Waals surface area (Å²) in [5.74, 6) is 5.03. The fraction of sp³-hybridized carbons (Fsp3) is 0.100. The summed E-state index contributed by atoms with van der Waals surface area (Å²) in [4.78, 5) is 11.5. The number of nitriles is 1. The number of Topliss-reactive ketones (excluding diaryl/α,β-unsaturated/α-hetero) is 1. The third-order valence-corrected chi connectivity index (χ3v) is 1.80. The maximum absolute atomic E-state index is 11.5. The van der Waals surface area contributed by atoms with Crippen molar-refractivity contribution in [3.05, 3.63) is 29.8 Å². The van der Waals surface area contributed by atoms with Crippen molar-refractivity contribution in [2.75, 3.05) is 7.11 Å². The highest BCUT2D eigenvalue weighted by Crippen LogP contribution is 2.11. The Hall–Kier alpha value is -2.35. The van der Waals surface area contributed by atoms with Crippen molar-refractivity contribution < 1.29 is 9.53 Å². The van der Waals surface area contributed by atoms with E-state index in [0.717, 1.165) is 0 Å². The molecule has 1 aromatic carbocycles. The minimum atomic E-state index is -0.498. The molecule has 0 aliphatic rings. The second kappa shape index (κ2) is 4.77. The van der Waals surface area contributed by atoms with Gasteiger partial charge in [0.15, 0.2) is 0 Å². The predicted molar refractivity (Wildman–Crippen MR) is 54.6 cm³/mol. The van der Waals surface area contributed by atoms with Gasteiger partial charge in [-0.2, -0.15) is 10.4 Å². The molecule has 0 radical (unpaired) electrons. The fourth-order valence-corrected chi connectivity index (χ4v) is 1.02. The molecule has 1 aromatic rings. The Morgan fingerprint density at radius 2 is 2.07 bits per heavy atom. The van der Waals surface area contributed by atoms with Crippen molar-refractivity contribution >= 4 is 11.5 Å². The highest BCUT2D eigenvalue weighted by atomic mass is 16.5. The molecule has 0 aromatic heterocycles. The highest BCUT2D eigenvalue weighted by molar-refractivity contribution is 6.51. The zero-order chi connectivity index (χ0) is 11.3. The monoisotopic (exact) mass is 203 g/mol. The van der Waals surface area contributed by atoms with Gasteiger partial charge in [-0.05, 0) is 24.3 Å². The Morgan fingerprint density at radius 1 is 1.47 bits per heavy atom. The van der Waals surface area contributed by atoms with Crippen LogP contribution in [0.5, 0.6) is 5.75 Å². The number of ether oxygens (including phenoxy) is 1. The molecule has 76 valence electrons. The molecule has 15 heavy (non-hydrogen) atoms. The molecule has 0 heterocycles. The van der Waals surface area contributed by atoms with Crippen molar-refractivity contribution in [1.82, 2.24) is 0 Å². The van der Waals surface area contributed by atoms with Gasteiger partial charge in [0.1, 0.15) is 11.8 Å². The second-order valence-corrected chi connectivity index (χ2v) is 2.65. The van der Waals surface area contributed by atoms with Crippen LogP contribution in [0.25, 0.3) is 0 Å². The summed E-state index contributed by atoms with van der Waals surface area (Å²) < 4.78 is 4.93. The third-order valence-electron chi connectivity index (χ3n) is 1.80. The van der Waals surface area contributed by atoms with Gasteiger partial charge in [-0.15, -0.1) is 0 Å². The minimum absolute atomic E-state index is 0.319. The van der Waals surface area contributed by atoms with Crippen molar-refractivity contribution in [3.8, 4) is 11.8 Å². The maximum atomic E-state index is 11.5. The van der Waals surface area contributed by atoms with Gasteiger partial charge in [0.05, 0.1) is 7.11 Å². The molecule has 0 amide bonds. The Bertz CT molecular complexity index is 429. The van der Waals surface area contributed by atoms with Crippen LogP contribution in [0.2, 0.25) is 0 Å². The molecule has 1 rings (SSSR count). The molecule has 5 heteroatoms. The van der Waals surface area contributed by atoms with E-state index in [9.17, 15) is 4.79 Å². The van der Waals surface area contributed by atoms with Gasteiger partial charge < -0.3 is 10.6 Å². The summed E-state index contributed by atoms with van der Waals surface area (Å²) in [5.41, 5.74) is 0.0294. The second-order valence-electron chi connectivity index (χ2n) is 2.65. The van der Waals surface area contributed by atoms with E-state index in [2.05, 4.69) is 5.10 Å². The topological polar surface area (TPSA) is 88.5 Å². The van der Waals surface area contributed by atoms with Gasteiger partial charge in [-0.3, -0.25) is 4.79 Å². The van der Waals surface area contributed by atoms with E-state index in [1.54, 1.807) is 30.3 Å². The standard InChI is InChI=1S/C10H9N3O2/c1-15-8-4-2-7(3-5-8)10(14)9(6-11)13-12/h2-5H,12H2,1H3. The number of ketones is 1. The summed E-state index contributed by atoms with van der Waals surface area (Å²) >= 11 is 0. The van der Waals surface area contributed by atoms with Crippen LogP contribution in [0.3, 0.4) is 0 Å². The van der Waals surface area contributed by atoms with Gasteiger partial charge in [0.25, 0.3) is 0 Å². The first-order valence-electron chi connectivity index (χ1n) is 4.09. The normalized spacial score (nSPS) is 10.5. The molecule has 0 saturated carbocycles. The van der Waals surface area contributed by atoms with Gasteiger partial charge in [-0.25, -0.2) is 0 Å². The van der Waals surface area contributed by atoms with Crippen LogP contribution in [-0.2, 0) is 0 Å². The van der Waals surface area contributed by atoms with Gasteiger partial charge in [0.2, 0.25) is 11.5 Å². The Balaban J connectivity index is 2.98. The van der Waals surface area contributed by atoms with E-state index in [1.165, 1.54) is 7.11 Å². The largest absolute Gasteiger partial charge is 0.497 e. The Labute approximate surface area is 86.8 Å². The molecule has 2 N–H and O–H groups in total. The van der Waals surface area contributed by atoms with Gasteiger partial charge in [0, 0.05) is 5.56 Å². The maximum Gasteiger partial charge on any atom is 0.223 e. The lowest BCUT2D eigenvalue weighted by Gasteiger charge is -2.00. The minimum Gasteiger partial charge on any atom is -0.497 e. The molecule has 0 aliphatic carbocycles. The molecule has 0 atom stereocenters. The first-order chi connectivity index (χ1) is 7.22. The smallest absolute Gasteiger partial charge is 0.223 e. The molecule has 0 fully saturated rings. The molecular weight excluding hydrogens is 194 g/mol. The van der Waals surface area contributed by atoms with Crippen LogP contribution < -0.4 is 10.6 Å². The first kappa shape index (κ1) is 10.7. The number of nitrogens with zero attached hydrogens (tertiary/aromatic N) is 2. The molecule has 0 bridgehead atoms. The number of hydrogen-bond acceptors (Lipinski definition) is 5. The van der Waals surface area contributed by atoms with Crippen LogP contribution >= 0.6 is 0 Å². The van der Waals surface area contributed by atoms with Gasteiger partial charge in [-0.1, -0.05) is 0 Å². The van der Waals surface area contributed by atoms with Crippen LogP contribution in [0, 0.1) is 11.3 Å². The Morgan fingerprint density at radius 3 is 2.47 bits per heavy atom. The van der Waals surface area contributed by atoms with E-state index in [1.807, 2.05) is 0 Å². The summed E-state index contributed by atoms with van der Waals surface area (Å²) in [5, 5.41) is 11.7. The van der Waals surface area contributed by atoms with Crippen LogP contribution in [0.15, 0.2) is 29.4 Å². The summed E-state index contributed by atoms with van der Waals surface area (Å²) in [6, 6.07) is 7.96. The van der Waals surface area contributed by atoms with E-state index in [-0.39, 0.29) is 5.71 Å². The van der Waals surface area contributed by atoms with Gasteiger partial charge >= 0.3 is 0 Å². The van der Waals surface area contributed by atoms with Crippen LogP contribution in [-0.4, -0.2) is 18.6 Å². The van der Waals surface area contributed by atoms with Crippen LogP contribution in [0.1, 0.15) is 10.4 Å². The molecule has 0 unspecified atom stereocenters. The van der Waals surface area contributed by atoms with E-state index in [0.29, 0.717) is 11.3 Å². The lowest BCUT2D eigenvalue weighted by atomic mass is 10.1. The average Bonchev–Trinajstić information content (AvgIpc) is 2.30. The number of carbonyl (C=O) groups excluding carboxylic acids is 1. The van der Waals surface area contributed by atoms with Crippen molar-refractivity contribution in [2.24, 2.45) is 10.9 Å². The molecule has 5 nitrogen and oxygen atoms in total. The third kappa shape index (κ3) is 2.31. The van der Waals surface area contributed by atoms with E-state index >= 15 is 0 Å². The molecule has 0 spiro atoms. The average molecular weight is 203 g/mol. The van der Waals surface area contributed by atoms with Crippen molar-refractivity contribution in [2.45, 2.75) is 0 Å². The number of carbonyl (C=O) groups is 1. The number of hydrazone groups is 1. The van der Waals surface area contributed by atoms with E-state index < -0.39 is 5.78 Å². The predicted octanol–water partition coefficient (Wildman–Crippen LogP) is 0.716. The lowest BCUT2D eigenvalue weighted by Crippen LogP contribution is -2.14. The quantitative estimate of drug-likeness (QED) is 0.339. The highest BCUT2D eigenvalue weighted by Gasteiger charge is 2.13. The van der Waals surface area contributed by atoms with Crippen molar-refractivity contribution in [3.63, 3.8) is 0 Å². The molecular formula is C10H9N3O2. The summed E-state index contributed by atoms with van der Waals surface area (Å²) in [6.45, 7) is 0. The number of nitrogens with two attached hydrogens (primary N) is 1. The summed E-state index contributed by atoms with van der Waals surface area (Å²) in [6.07, 6.45) is 0. The fourth-order valence-electron chi connectivity index (χ4n) is 1.02. The number of rotatable bonds is 3. The number of methoxy groups -OCH3 is 1. The first-order valence-corrected chi connectivity index (χ1v) is 4.09. The van der Waals surface area contributed by atoms with Crippen molar-refractivity contribution in [1.29, 1.82) is 5.26 Å².